The summed E-state index contributed by atoms with van der Waals surface area (Å²) in [6.45, 7) is 2.42. The van der Waals surface area contributed by atoms with E-state index in [0.29, 0.717) is 0 Å². The molecule has 0 N–H and O–H groups in total. The average Bonchev–Trinajstić information content (AvgIpc) is 2.02. The third-order valence-corrected chi connectivity index (χ3v) is 0.933. The lowest BCUT2D eigenvalue weighted by Crippen LogP contribution is -1.94. The van der Waals surface area contributed by atoms with E-state index in [1.165, 1.54) is 13.8 Å². The van der Waals surface area contributed by atoms with Crippen molar-refractivity contribution < 1.29 is 23.9 Å². The fourth-order valence-electron chi connectivity index (χ4n) is 0.449. The van der Waals surface area contributed by atoms with E-state index in [1.54, 1.807) is 0 Å². The molecule has 5 heteroatoms. The molecule has 0 heterocycles. The summed E-state index contributed by atoms with van der Waals surface area (Å²) in [5, 5.41) is 0. The normalized spacial score (nSPS) is 10.4. The third-order valence-electron chi connectivity index (χ3n) is 0.933. The predicted molar refractivity (Wildman–Crippen MR) is 46.8 cm³/mol. The second-order valence-corrected chi connectivity index (χ2v) is 2.23. The van der Waals surface area contributed by atoms with Crippen molar-refractivity contribution in [2.24, 2.45) is 0 Å². The smallest absolute Gasteiger partial charge is 0.307 e. The second-order valence-electron chi connectivity index (χ2n) is 2.23. The molecule has 0 fully saturated rings. The Morgan fingerprint density at radius 3 is 1.50 bits per heavy atom. The number of esters is 2. The fourth-order valence-corrected chi connectivity index (χ4v) is 0.449. The number of allylic oxidation sites excluding steroid dienone is 2. The Bertz CT molecular complexity index is 260. The maximum absolute atomic E-state index is 10.8. The Labute approximate surface area is 81.0 Å². The van der Waals surface area contributed by atoms with Gasteiger partial charge in [0.2, 0.25) is 0 Å². The van der Waals surface area contributed by atoms with Crippen LogP contribution in [0.25, 0.3) is 0 Å². The number of rotatable bonds is 4. The lowest BCUT2D eigenvalue weighted by atomic mass is 10.4. The predicted octanol–water partition coefficient (Wildman–Crippen LogP) is 0.709. The molecule has 5 nitrogen and oxygen atoms in total. The summed E-state index contributed by atoms with van der Waals surface area (Å²) in [5.41, 5.74) is 0. The van der Waals surface area contributed by atoms with Crippen molar-refractivity contribution in [2.75, 3.05) is 0 Å². The van der Waals surface area contributed by atoms with Crippen LogP contribution in [0.4, 0.5) is 0 Å². The lowest BCUT2D eigenvalue weighted by Gasteiger charge is -1.89. The molecule has 0 saturated carbocycles. The van der Waals surface area contributed by atoms with E-state index in [1.807, 2.05) is 0 Å². The van der Waals surface area contributed by atoms with E-state index >= 15 is 0 Å². The first-order chi connectivity index (χ1) is 6.52. The molecule has 0 spiro atoms. The number of hydrogen-bond acceptors (Lipinski definition) is 5. The van der Waals surface area contributed by atoms with Crippen molar-refractivity contribution >= 4 is 17.7 Å². The molecule has 76 valence electrons. The zero-order valence-electron chi connectivity index (χ0n) is 7.85. The topological polar surface area (TPSA) is 69.7 Å². The number of carbonyl (C=O) groups is 3. The Balaban J connectivity index is 3.86. The molecule has 0 aromatic heterocycles. The van der Waals surface area contributed by atoms with Gasteiger partial charge in [0.25, 0.3) is 0 Å². The van der Waals surface area contributed by atoms with E-state index in [4.69, 9.17) is 0 Å². The molecule has 0 bridgehead atoms. The molecule has 0 aliphatic heterocycles. The van der Waals surface area contributed by atoms with Crippen molar-refractivity contribution in [2.45, 2.75) is 13.8 Å². The Kier molecular flexibility index (Phi) is 5.69. The fraction of sp³-hybridized carbons (Fsp3) is 0.222. The number of hydrogen-bond donors (Lipinski definition) is 0. The molecule has 14 heavy (non-hydrogen) atoms. The van der Waals surface area contributed by atoms with Crippen LogP contribution in [0.2, 0.25) is 0 Å². The Morgan fingerprint density at radius 1 is 0.857 bits per heavy atom. The maximum atomic E-state index is 10.8. The molecular formula is C9H10O5. The first-order valence-electron chi connectivity index (χ1n) is 3.74. The molecule has 0 atom stereocenters. The van der Waals surface area contributed by atoms with Crippen molar-refractivity contribution in [3.8, 4) is 0 Å². The average molecular weight is 198 g/mol. The van der Waals surface area contributed by atoms with Crippen LogP contribution >= 0.6 is 0 Å². The molecule has 0 amide bonds. The zero-order valence-corrected chi connectivity index (χ0v) is 7.85. The van der Waals surface area contributed by atoms with Crippen LogP contribution < -0.4 is 0 Å². The van der Waals surface area contributed by atoms with Crippen molar-refractivity contribution in [3.05, 3.63) is 24.7 Å². The highest BCUT2D eigenvalue weighted by Gasteiger charge is 1.91. The van der Waals surface area contributed by atoms with Gasteiger partial charge in [-0.3, -0.25) is 14.4 Å². The highest BCUT2D eigenvalue weighted by molar-refractivity contribution is 5.99. The van der Waals surface area contributed by atoms with Gasteiger partial charge in [0.15, 0.2) is 5.78 Å². The van der Waals surface area contributed by atoms with Crippen LogP contribution in [0, 0.1) is 0 Å². The van der Waals surface area contributed by atoms with Crippen LogP contribution in [0.15, 0.2) is 24.7 Å². The molecular weight excluding hydrogens is 188 g/mol. The van der Waals surface area contributed by atoms with Crippen LogP contribution in [0.1, 0.15) is 13.8 Å². The molecule has 0 saturated heterocycles. The largest absolute Gasteiger partial charge is 0.435 e. The maximum Gasteiger partial charge on any atom is 0.307 e. The van der Waals surface area contributed by atoms with Gasteiger partial charge in [-0.25, -0.2) is 0 Å². The Morgan fingerprint density at radius 2 is 1.21 bits per heavy atom. The summed E-state index contributed by atoms with van der Waals surface area (Å²) in [7, 11) is 0. The van der Waals surface area contributed by atoms with E-state index < -0.39 is 17.7 Å². The summed E-state index contributed by atoms with van der Waals surface area (Å²) in [4.78, 5) is 31.4. The number of carbonyl (C=O) groups excluding carboxylic acids is 3. The van der Waals surface area contributed by atoms with Crippen LogP contribution in [-0.4, -0.2) is 17.7 Å². The van der Waals surface area contributed by atoms with Crippen LogP contribution in [-0.2, 0) is 23.9 Å². The van der Waals surface area contributed by atoms with Crippen LogP contribution in [0.3, 0.4) is 0 Å². The minimum absolute atomic E-state index is 0.451. The van der Waals surface area contributed by atoms with Gasteiger partial charge in [0.1, 0.15) is 0 Å². The van der Waals surface area contributed by atoms with Gasteiger partial charge in [-0.1, -0.05) is 0 Å². The van der Waals surface area contributed by atoms with Gasteiger partial charge in [-0.05, 0) is 0 Å². The highest BCUT2D eigenvalue weighted by atomic mass is 16.5. The van der Waals surface area contributed by atoms with E-state index in [0.717, 1.165) is 24.7 Å². The summed E-state index contributed by atoms with van der Waals surface area (Å²) < 4.78 is 8.72. The van der Waals surface area contributed by atoms with E-state index in [-0.39, 0.29) is 0 Å². The minimum atomic E-state index is -0.516. The second kappa shape index (κ2) is 6.59. The molecule has 0 radical (unpaired) electrons. The zero-order chi connectivity index (χ0) is 11.0. The van der Waals surface area contributed by atoms with Crippen molar-refractivity contribution in [1.29, 1.82) is 0 Å². The summed E-state index contributed by atoms with van der Waals surface area (Å²) in [6.07, 6.45) is 3.98. The lowest BCUT2D eigenvalue weighted by molar-refractivity contribution is -0.136. The molecule has 0 unspecified atom stereocenters. The molecule has 0 rings (SSSR count). The first-order valence-corrected chi connectivity index (χ1v) is 3.74. The monoisotopic (exact) mass is 198 g/mol. The van der Waals surface area contributed by atoms with Gasteiger partial charge in [0, 0.05) is 26.0 Å². The summed E-state index contributed by atoms with van der Waals surface area (Å²) >= 11 is 0. The molecule has 0 aromatic carbocycles. The number of ketones is 1. The summed E-state index contributed by atoms with van der Waals surface area (Å²) in [5.74, 6) is -1.48. The first kappa shape index (κ1) is 12.1. The van der Waals surface area contributed by atoms with Crippen LogP contribution in [0.5, 0.6) is 0 Å². The SMILES string of the molecule is CC(=O)OC=CC(=O)C=COC(C)=O. The highest BCUT2D eigenvalue weighted by Crippen LogP contribution is 1.85. The van der Waals surface area contributed by atoms with Gasteiger partial charge < -0.3 is 9.47 Å². The molecule has 0 aromatic rings. The van der Waals surface area contributed by atoms with Gasteiger partial charge in [-0.2, -0.15) is 0 Å². The van der Waals surface area contributed by atoms with E-state index in [9.17, 15) is 14.4 Å². The number of ether oxygens (including phenoxy) is 2. The third kappa shape index (κ3) is 8.19. The van der Waals surface area contributed by atoms with Gasteiger partial charge in [-0.15, -0.1) is 0 Å². The van der Waals surface area contributed by atoms with E-state index in [2.05, 4.69) is 9.47 Å². The van der Waals surface area contributed by atoms with Gasteiger partial charge in [0.05, 0.1) is 12.5 Å². The molecule has 0 aliphatic rings. The Hall–Kier alpha value is -1.91. The quantitative estimate of drug-likeness (QED) is 0.378. The van der Waals surface area contributed by atoms with Gasteiger partial charge >= 0.3 is 11.9 Å². The standard InChI is InChI=1S/C9H10O5/c1-7(10)13-5-3-9(12)4-6-14-8(2)11/h3-6H,1-2H3. The van der Waals surface area contributed by atoms with Crippen molar-refractivity contribution in [1.82, 2.24) is 0 Å². The summed E-state index contributed by atoms with van der Waals surface area (Å²) in [6, 6.07) is 0. The minimum Gasteiger partial charge on any atom is -0.435 e. The van der Waals surface area contributed by atoms with Crippen molar-refractivity contribution in [3.63, 3.8) is 0 Å². The molecule has 0 aliphatic carbocycles.